The molecule has 8 nitrogen and oxygen atoms in total. The molecule has 0 aliphatic heterocycles. The number of carbonyl (C=O) groups is 2. The quantitative estimate of drug-likeness (QED) is 0.0168. The van der Waals surface area contributed by atoms with Crippen molar-refractivity contribution in [1.82, 2.24) is 0 Å². The van der Waals surface area contributed by atoms with Crippen molar-refractivity contribution < 1.29 is 37.9 Å². The summed E-state index contributed by atoms with van der Waals surface area (Å²) < 4.78 is 26.1. The van der Waals surface area contributed by atoms with Crippen LogP contribution in [0.5, 0.6) is 0 Å². The highest BCUT2D eigenvalue weighted by Gasteiger charge is 2.22. The molecule has 0 aliphatic rings. The van der Waals surface area contributed by atoms with E-state index >= 15 is 0 Å². The molecule has 0 bridgehead atoms. The first-order valence-corrected chi connectivity index (χ1v) is 20.9. The van der Waals surface area contributed by atoms with E-state index in [-0.39, 0.29) is 13.0 Å². The van der Waals surface area contributed by atoms with Crippen LogP contribution in [0.15, 0.2) is 36.5 Å². The maximum Gasteiger partial charge on any atom is 0.469 e. The van der Waals surface area contributed by atoms with Crippen LogP contribution < -0.4 is 0 Å². The number of unbranched alkanes of at least 4 members (excludes halogenated alkanes) is 22. The molecule has 0 radical (unpaired) electrons. The van der Waals surface area contributed by atoms with Crippen LogP contribution in [-0.2, 0) is 28.2 Å². The average molecular weight is 699 g/mol. The number of allylic oxidation sites excluding steroid dienone is 5. The van der Waals surface area contributed by atoms with Gasteiger partial charge in [-0.2, -0.15) is 0 Å². The second-order valence-corrected chi connectivity index (χ2v) is 14.2. The van der Waals surface area contributed by atoms with E-state index in [1.165, 1.54) is 128 Å². The lowest BCUT2D eigenvalue weighted by Gasteiger charge is -2.17. The molecule has 280 valence electrons. The van der Waals surface area contributed by atoms with Crippen molar-refractivity contribution in [2.24, 2.45) is 0 Å². The minimum atomic E-state index is -4.78. The van der Waals surface area contributed by atoms with E-state index in [0.717, 1.165) is 32.1 Å². The van der Waals surface area contributed by atoms with Gasteiger partial charge in [0.1, 0.15) is 6.61 Å². The number of esters is 2. The van der Waals surface area contributed by atoms with Gasteiger partial charge >= 0.3 is 19.8 Å². The first-order chi connectivity index (χ1) is 23.3. The molecule has 0 aliphatic carbocycles. The van der Waals surface area contributed by atoms with Gasteiger partial charge in [-0.25, -0.2) is 9.36 Å². The molecule has 0 aromatic rings. The number of ether oxygens (including phenoxy) is 2. The fourth-order valence-electron chi connectivity index (χ4n) is 5.33. The van der Waals surface area contributed by atoms with E-state index in [9.17, 15) is 14.2 Å². The number of phosphoric ester groups is 1. The normalized spacial score (nSPS) is 12.8. The predicted molar refractivity (Wildman–Crippen MR) is 198 cm³/mol. The topological polar surface area (TPSA) is 119 Å². The van der Waals surface area contributed by atoms with Gasteiger partial charge in [0, 0.05) is 12.5 Å². The van der Waals surface area contributed by atoms with Gasteiger partial charge in [-0.3, -0.25) is 9.32 Å². The summed E-state index contributed by atoms with van der Waals surface area (Å²) in [6.07, 6.45) is 40.7. The Kier molecular flexibility index (Phi) is 33.8. The molecular formula is C39H71O8P. The Morgan fingerprint density at radius 3 is 1.50 bits per heavy atom. The van der Waals surface area contributed by atoms with Crippen LogP contribution in [0.2, 0.25) is 0 Å². The van der Waals surface area contributed by atoms with Crippen molar-refractivity contribution in [3.63, 3.8) is 0 Å². The molecule has 2 N–H and O–H groups in total. The molecule has 0 spiro atoms. The summed E-state index contributed by atoms with van der Waals surface area (Å²) in [5, 5.41) is 0. The van der Waals surface area contributed by atoms with Gasteiger partial charge in [-0.05, 0) is 44.9 Å². The largest absolute Gasteiger partial charge is 0.469 e. The second-order valence-electron chi connectivity index (χ2n) is 13.0. The van der Waals surface area contributed by atoms with Crippen LogP contribution in [-0.4, -0.2) is 41.0 Å². The van der Waals surface area contributed by atoms with Crippen molar-refractivity contribution in [2.75, 3.05) is 13.2 Å². The molecule has 0 rings (SSSR count). The lowest BCUT2D eigenvalue weighted by molar-refractivity contribution is -0.157. The van der Waals surface area contributed by atoms with Crippen molar-refractivity contribution >= 4 is 19.8 Å². The zero-order valence-electron chi connectivity index (χ0n) is 30.6. The van der Waals surface area contributed by atoms with Gasteiger partial charge in [0.25, 0.3) is 0 Å². The second kappa shape index (κ2) is 35.1. The third kappa shape index (κ3) is 37.1. The Bertz CT molecular complexity index is 879. The number of hydrogen-bond donors (Lipinski definition) is 2. The van der Waals surface area contributed by atoms with Crippen LogP contribution in [0.1, 0.15) is 181 Å². The highest BCUT2D eigenvalue weighted by Crippen LogP contribution is 2.35. The maximum atomic E-state index is 12.2. The molecule has 0 heterocycles. The van der Waals surface area contributed by atoms with Crippen molar-refractivity contribution in [1.29, 1.82) is 0 Å². The zero-order chi connectivity index (χ0) is 35.4. The van der Waals surface area contributed by atoms with E-state index < -0.39 is 32.5 Å². The van der Waals surface area contributed by atoms with E-state index in [1.807, 2.05) is 6.08 Å². The maximum absolute atomic E-state index is 12.2. The number of hydrogen-bond acceptors (Lipinski definition) is 6. The number of carbonyl (C=O) groups excluding carboxylic acids is 2. The molecule has 0 fully saturated rings. The lowest BCUT2D eigenvalue weighted by atomic mass is 10.1. The molecule has 0 aromatic carbocycles. The number of rotatable bonds is 35. The highest BCUT2D eigenvalue weighted by molar-refractivity contribution is 7.46. The van der Waals surface area contributed by atoms with Crippen molar-refractivity contribution in [3.8, 4) is 0 Å². The highest BCUT2D eigenvalue weighted by atomic mass is 31.2. The molecule has 48 heavy (non-hydrogen) atoms. The zero-order valence-corrected chi connectivity index (χ0v) is 31.5. The standard InChI is InChI=1S/C39H71O8P/c1-3-5-7-9-11-13-15-17-19-21-23-25-27-29-31-33-38(40)45-35-37(36-46-48(42,43)44)47-39(41)34-32-30-28-26-24-22-20-18-16-14-12-10-8-6-4-2/h23,25,28,30,32,34,37H,3-22,24,26-27,29,31,33,35-36H2,1-2H3,(H2,42,43,44)/b25-23+,30-28+,34-32+/t37-/m1/s1. The smallest absolute Gasteiger partial charge is 0.462 e. The van der Waals surface area contributed by atoms with Crippen molar-refractivity contribution in [2.45, 2.75) is 187 Å². The SMILES string of the molecule is CCCCCCCCCCC/C=C/CCCCC(=O)OC[C@H](COP(=O)(O)O)OC(=O)/C=C/C=C/CCCCCCCCCCCCC. The summed E-state index contributed by atoms with van der Waals surface area (Å²) in [7, 11) is -4.78. The molecule has 0 saturated heterocycles. The van der Waals surface area contributed by atoms with Crippen LogP contribution in [0.4, 0.5) is 0 Å². The van der Waals surface area contributed by atoms with Crippen LogP contribution >= 0.6 is 7.82 Å². The van der Waals surface area contributed by atoms with E-state index in [4.69, 9.17) is 19.3 Å². The van der Waals surface area contributed by atoms with Crippen molar-refractivity contribution in [3.05, 3.63) is 36.5 Å². The summed E-state index contributed by atoms with van der Waals surface area (Å²) in [5.41, 5.74) is 0. The van der Waals surface area contributed by atoms with Gasteiger partial charge in [0.05, 0.1) is 6.61 Å². The fraction of sp³-hybridized carbons (Fsp3) is 0.795. The Morgan fingerprint density at radius 2 is 1.02 bits per heavy atom. The Balaban J connectivity index is 4.08. The first kappa shape index (κ1) is 46.3. The molecule has 0 unspecified atom stereocenters. The van der Waals surface area contributed by atoms with E-state index in [2.05, 4.69) is 30.5 Å². The Labute approximate surface area is 293 Å². The summed E-state index contributed by atoms with van der Waals surface area (Å²) in [4.78, 5) is 42.5. The predicted octanol–water partition coefficient (Wildman–Crippen LogP) is 11.4. The molecule has 0 aromatic heterocycles. The van der Waals surface area contributed by atoms with E-state index in [0.29, 0.717) is 6.42 Å². The summed E-state index contributed by atoms with van der Waals surface area (Å²) >= 11 is 0. The molecule has 1 atom stereocenters. The van der Waals surface area contributed by atoms with Gasteiger partial charge < -0.3 is 19.3 Å². The molecule has 0 saturated carbocycles. The summed E-state index contributed by atoms with van der Waals surface area (Å²) in [6, 6.07) is 0. The van der Waals surface area contributed by atoms with Gasteiger partial charge in [-0.1, -0.05) is 160 Å². The number of phosphoric acid groups is 1. The minimum Gasteiger partial charge on any atom is -0.462 e. The third-order valence-electron chi connectivity index (χ3n) is 8.24. The first-order valence-electron chi connectivity index (χ1n) is 19.3. The minimum absolute atomic E-state index is 0.218. The van der Waals surface area contributed by atoms with Crippen LogP contribution in [0.3, 0.4) is 0 Å². The lowest BCUT2D eigenvalue weighted by Crippen LogP contribution is -2.29. The molecule has 0 amide bonds. The van der Waals surface area contributed by atoms with E-state index in [1.54, 1.807) is 12.2 Å². The van der Waals surface area contributed by atoms with Crippen LogP contribution in [0, 0.1) is 0 Å². The van der Waals surface area contributed by atoms with Crippen LogP contribution in [0.25, 0.3) is 0 Å². The summed E-state index contributed by atoms with van der Waals surface area (Å²) in [6.45, 7) is 3.56. The van der Waals surface area contributed by atoms with Gasteiger partial charge in [-0.15, -0.1) is 0 Å². The monoisotopic (exact) mass is 698 g/mol. The Morgan fingerprint density at radius 1 is 0.583 bits per heavy atom. The average Bonchev–Trinajstić information content (AvgIpc) is 3.05. The van der Waals surface area contributed by atoms with Gasteiger partial charge in [0.2, 0.25) is 0 Å². The molecule has 9 heteroatoms. The fourth-order valence-corrected chi connectivity index (χ4v) is 5.69. The summed E-state index contributed by atoms with van der Waals surface area (Å²) in [5.74, 6) is -1.16. The third-order valence-corrected chi connectivity index (χ3v) is 8.72. The Hall–Kier alpha value is -1.73. The van der Waals surface area contributed by atoms with Gasteiger partial charge in [0.15, 0.2) is 6.10 Å². The molecular weight excluding hydrogens is 627 g/mol.